The number of benzene rings is 2. The van der Waals surface area contributed by atoms with E-state index < -0.39 is 23.5 Å². The summed E-state index contributed by atoms with van der Waals surface area (Å²) in [6.07, 6.45) is -3.78. The smallest absolute Gasteiger partial charge is 0.347 e. The molecule has 0 bridgehead atoms. The average molecular weight is 419 g/mol. The summed E-state index contributed by atoms with van der Waals surface area (Å²) < 4.78 is 40.1. The Balaban J connectivity index is 1.72. The zero-order valence-corrected chi connectivity index (χ0v) is 16.5. The molecule has 0 saturated heterocycles. The number of H-pyrrole nitrogens is 1. The van der Waals surface area contributed by atoms with Crippen LogP contribution in [-0.4, -0.2) is 15.9 Å². The zero-order chi connectivity index (χ0) is 20.9. The Morgan fingerprint density at radius 3 is 2.31 bits per heavy atom. The molecule has 2 N–H and O–H groups in total. The molecule has 2 aromatic carbocycles. The number of carbonyl (C=O) groups excluding carboxylic acids is 1. The summed E-state index contributed by atoms with van der Waals surface area (Å²) in [5.41, 5.74) is 1.17. The van der Waals surface area contributed by atoms with E-state index in [0.29, 0.717) is 5.75 Å². The van der Waals surface area contributed by atoms with E-state index in [9.17, 15) is 18.0 Å². The maximum atomic E-state index is 13.4. The molecular weight excluding hydrogens is 399 g/mol. The number of amides is 1. The fraction of sp³-hybridized carbons (Fsp3) is 0.238. The second kappa shape index (κ2) is 9.17. The van der Waals surface area contributed by atoms with Crippen LogP contribution >= 0.6 is 11.8 Å². The molecule has 0 radical (unpaired) electrons. The molecule has 0 aliphatic rings. The van der Waals surface area contributed by atoms with Gasteiger partial charge >= 0.3 is 6.18 Å². The van der Waals surface area contributed by atoms with E-state index in [0.717, 1.165) is 29.3 Å². The van der Waals surface area contributed by atoms with E-state index in [1.54, 1.807) is 24.3 Å². The maximum absolute atomic E-state index is 13.4. The van der Waals surface area contributed by atoms with Crippen LogP contribution in [0.1, 0.15) is 39.8 Å². The van der Waals surface area contributed by atoms with Crippen molar-refractivity contribution in [3.8, 4) is 0 Å². The number of nitrogens with one attached hydrogen (secondary N) is 2. The van der Waals surface area contributed by atoms with Crippen molar-refractivity contribution in [3.05, 3.63) is 82.7 Å². The quantitative estimate of drug-likeness (QED) is 0.517. The predicted molar refractivity (Wildman–Crippen MR) is 107 cm³/mol. The summed E-state index contributed by atoms with van der Waals surface area (Å²) >= 11 is 1.12. The van der Waals surface area contributed by atoms with Crippen molar-refractivity contribution in [2.45, 2.75) is 37.0 Å². The van der Waals surface area contributed by atoms with Gasteiger partial charge in [-0.25, -0.2) is 4.98 Å². The van der Waals surface area contributed by atoms with E-state index in [1.165, 1.54) is 5.56 Å². The van der Waals surface area contributed by atoms with Crippen LogP contribution in [0.4, 0.5) is 13.2 Å². The number of nitrogens with zero attached hydrogens (tertiary/aromatic N) is 1. The molecule has 1 aromatic heterocycles. The molecule has 1 amide bonds. The molecule has 1 heterocycles. The molecule has 152 valence electrons. The normalized spacial score (nSPS) is 11.4. The molecule has 0 aliphatic heterocycles. The SMILES string of the molecule is CCc1ccc(CSc2nc(C(=O)NCc3ccccc3)c(C(F)(F)F)[nH]2)cc1. The molecule has 0 unspecified atom stereocenters. The maximum Gasteiger partial charge on any atom is 0.433 e. The van der Waals surface area contributed by atoms with Crippen LogP contribution in [0.2, 0.25) is 0 Å². The number of aromatic nitrogens is 2. The van der Waals surface area contributed by atoms with E-state index in [4.69, 9.17) is 0 Å². The fourth-order valence-corrected chi connectivity index (χ4v) is 3.50. The highest BCUT2D eigenvalue weighted by Gasteiger charge is 2.39. The minimum atomic E-state index is -4.70. The van der Waals surface area contributed by atoms with Gasteiger partial charge in [-0.2, -0.15) is 13.2 Å². The minimum absolute atomic E-state index is 0.0572. The third-order valence-corrected chi connectivity index (χ3v) is 5.23. The largest absolute Gasteiger partial charge is 0.433 e. The fourth-order valence-electron chi connectivity index (χ4n) is 2.67. The summed E-state index contributed by atoms with van der Waals surface area (Å²) in [5, 5.41) is 2.55. The van der Waals surface area contributed by atoms with Crippen molar-refractivity contribution in [2.24, 2.45) is 0 Å². The molecule has 0 fully saturated rings. The zero-order valence-electron chi connectivity index (χ0n) is 15.7. The molecule has 0 atom stereocenters. The first-order valence-corrected chi connectivity index (χ1v) is 10.1. The highest BCUT2D eigenvalue weighted by Crippen LogP contribution is 2.33. The Labute approximate surface area is 170 Å². The van der Waals surface area contributed by atoms with Gasteiger partial charge < -0.3 is 10.3 Å². The van der Waals surface area contributed by atoms with Gasteiger partial charge in [0.05, 0.1) is 0 Å². The molecule has 3 rings (SSSR count). The van der Waals surface area contributed by atoms with Crippen molar-refractivity contribution >= 4 is 17.7 Å². The highest BCUT2D eigenvalue weighted by atomic mass is 32.2. The van der Waals surface area contributed by atoms with E-state index in [2.05, 4.69) is 22.2 Å². The number of thioether (sulfide) groups is 1. The van der Waals surface area contributed by atoms with Gasteiger partial charge in [-0.05, 0) is 23.1 Å². The Kier molecular flexibility index (Phi) is 6.64. The number of alkyl halides is 3. The topological polar surface area (TPSA) is 57.8 Å². The number of aromatic amines is 1. The van der Waals surface area contributed by atoms with Crippen molar-refractivity contribution in [2.75, 3.05) is 0 Å². The summed E-state index contributed by atoms with van der Waals surface area (Å²) in [6, 6.07) is 16.8. The molecule has 0 spiro atoms. The van der Waals surface area contributed by atoms with Gasteiger partial charge in [-0.1, -0.05) is 73.3 Å². The monoisotopic (exact) mass is 419 g/mol. The first-order chi connectivity index (χ1) is 13.9. The van der Waals surface area contributed by atoms with Gasteiger partial charge in [0.1, 0.15) is 0 Å². The molecule has 4 nitrogen and oxygen atoms in total. The average Bonchev–Trinajstić information content (AvgIpc) is 3.17. The van der Waals surface area contributed by atoms with Gasteiger partial charge in [0.25, 0.3) is 5.91 Å². The number of hydrogen-bond donors (Lipinski definition) is 2. The van der Waals surface area contributed by atoms with Crippen LogP contribution in [0.5, 0.6) is 0 Å². The van der Waals surface area contributed by atoms with Crippen molar-refractivity contribution < 1.29 is 18.0 Å². The predicted octanol–water partition coefficient (Wildman–Crippen LogP) is 5.21. The Hall–Kier alpha value is -2.74. The lowest BCUT2D eigenvalue weighted by molar-refractivity contribution is -0.141. The van der Waals surface area contributed by atoms with Crippen molar-refractivity contribution in [1.29, 1.82) is 0 Å². The number of imidazole rings is 1. The molecule has 3 aromatic rings. The second-order valence-corrected chi connectivity index (χ2v) is 7.35. The number of halogens is 3. The standard InChI is InChI=1S/C21H20F3N3OS/c1-2-14-8-10-16(11-9-14)13-29-20-26-17(18(27-20)21(22,23)24)19(28)25-12-15-6-4-3-5-7-15/h3-11H,2,12-13H2,1H3,(H,25,28)(H,26,27). The molecular formula is C21H20F3N3OS. The molecule has 0 aliphatic carbocycles. The van der Waals surface area contributed by atoms with Crippen LogP contribution in [0.15, 0.2) is 59.8 Å². The first kappa shape index (κ1) is 21.0. The lowest BCUT2D eigenvalue weighted by Crippen LogP contribution is -2.26. The molecule has 0 saturated carbocycles. The van der Waals surface area contributed by atoms with E-state index >= 15 is 0 Å². The van der Waals surface area contributed by atoms with E-state index in [1.807, 2.05) is 30.3 Å². The van der Waals surface area contributed by atoms with Crippen molar-refractivity contribution in [3.63, 3.8) is 0 Å². The van der Waals surface area contributed by atoms with Crippen LogP contribution in [0.3, 0.4) is 0 Å². The third kappa shape index (κ3) is 5.63. The number of hydrogen-bond acceptors (Lipinski definition) is 3. The van der Waals surface area contributed by atoms with Crippen LogP contribution in [0, 0.1) is 0 Å². The van der Waals surface area contributed by atoms with E-state index in [-0.39, 0.29) is 11.7 Å². The third-order valence-electron chi connectivity index (χ3n) is 4.28. The van der Waals surface area contributed by atoms with Gasteiger partial charge in [0, 0.05) is 12.3 Å². The van der Waals surface area contributed by atoms with Gasteiger partial charge in [0.15, 0.2) is 16.5 Å². The number of carbonyl (C=O) groups is 1. The van der Waals surface area contributed by atoms with Crippen LogP contribution in [-0.2, 0) is 24.9 Å². The summed E-state index contributed by atoms with van der Waals surface area (Å²) in [7, 11) is 0. The van der Waals surface area contributed by atoms with Gasteiger partial charge in [0.2, 0.25) is 0 Å². The number of rotatable bonds is 7. The molecule has 8 heteroatoms. The minimum Gasteiger partial charge on any atom is -0.347 e. The van der Waals surface area contributed by atoms with Crippen molar-refractivity contribution in [1.82, 2.24) is 15.3 Å². The second-order valence-electron chi connectivity index (χ2n) is 6.39. The lowest BCUT2D eigenvalue weighted by atomic mass is 10.1. The summed E-state index contributed by atoms with van der Waals surface area (Å²) in [6.45, 7) is 2.17. The Bertz CT molecular complexity index is 954. The first-order valence-electron chi connectivity index (χ1n) is 9.06. The number of aryl methyl sites for hydroxylation is 1. The Morgan fingerprint density at radius 1 is 1.03 bits per heavy atom. The summed E-state index contributed by atoms with van der Waals surface area (Å²) in [4.78, 5) is 18.5. The highest BCUT2D eigenvalue weighted by molar-refractivity contribution is 7.98. The molecule has 29 heavy (non-hydrogen) atoms. The Morgan fingerprint density at radius 2 is 1.69 bits per heavy atom. The lowest BCUT2D eigenvalue weighted by Gasteiger charge is -2.07. The van der Waals surface area contributed by atoms with Crippen LogP contribution in [0.25, 0.3) is 0 Å². The van der Waals surface area contributed by atoms with Crippen LogP contribution < -0.4 is 5.32 Å². The van der Waals surface area contributed by atoms with Gasteiger partial charge in [-0.3, -0.25) is 4.79 Å². The summed E-state index contributed by atoms with van der Waals surface area (Å²) in [5.74, 6) is -0.420. The van der Waals surface area contributed by atoms with Gasteiger partial charge in [-0.15, -0.1) is 0 Å².